The molecule has 7 heteroatoms. The molecule has 2 fully saturated rings. The van der Waals surface area contributed by atoms with Gasteiger partial charge in [-0.25, -0.2) is 8.78 Å². The Balaban J connectivity index is 1.56. The van der Waals surface area contributed by atoms with Crippen LogP contribution in [0.2, 0.25) is 0 Å². The third kappa shape index (κ3) is 4.07. The van der Waals surface area contributed by atoms with Crippen molar-refractivity contribution in [3.8, 4) is 0 Å². The number of hydrogen-bond acceptors (Lipinski definition) is 3. The molecule has 1 saturated carbocycles. The number of carbonyl (C=O) groups excluding carboxylic acids is 2. The molecule has 0 radical (unpaired) electrons. The van der Waals surface area contributed by atoms with Crippen LogP contribution in [0.5, 0.6) is 0 Å². The average molecular weight is 414 g/mol. The van der Waals surface area contributed by atoms with E-state index in [4.69, 9.17) is 4.74 Å². The monoisotopic (exact) mass is 414 g/mol. The van der Waals surface area contributed by atoms with E-state index in [1.54, 1.807) is 18.2 Å². The fourth-order valence-electron chi connectivity index (χ4n) is 4.34. The van der Waals surface area contributed by atoms with Gasteiger partial charge < -0.3 is 10.1 Å². The molecule has 5 nitrogen and oxygen atoms in total. The van der Waals surface area contributed by atoms with Gasteiger partial charge in [0.1, 0.15) is 23.4 Å². The van der Waals surface area contributed by atoms with E-state index in [9.17, 15) is 18.4 Å². The number of amides is 2. The van der Waals surface area contributed by atoms with Crippen molar-refractivity contribution in [2.45, 2.75) is 50.4 Å². The molecule has 1 atom stereocenters. The highest BCUT2D eigenvalue weighted by molar-refractivity contribution is 5.98. The zero-order valence-corrected chi connectivity index (χ0v) is 16.6. The minimum atomic E-state index is -0.834. The van der Waals surface area contributed by atoms with Crippen molar-refractivity contribution in [3.05, 3.63) is 71.3 Å². The number of carbonyl (C=O) groups is 2. The summed E-state index contributed by atoms with van der Waals surface area (Å²) in [5.74, 6) is -1.60. The number of rotatable bonds is 4. The smallest absolute Gasteiger partial charge is 0.256 e. The van der Waals surface area contributed by atoms with Crippen molar-refractivity contribution in [3.63, 3.8) is 0 Å². The molecule has 1 N–H and O–H groups in total. The van der Waals surface area contributed by atoms with Crippen LogP contribution in [-0.2, 0) is 16.1 Å². The third-order valence-electron chi connectivity index (χ3n) is 5.87. The second-order valence-electron chi connectivity index (χ2n) is 7.86. The van der Waals surface area contributed by atoms with Gasteiger partial charge in [0.15, 0.2) is 0 Å². The summed E-state index contributed by atoms with van der Waals surface area (Å²) in [6.45, 7) is 0.306. The fourth-order valence-corrected chi connectivity index (χ4v) is 4.34. The molecule has 1 saturated heterocycles. The summed E-state index contributed by atoms with van der Waals surface area (Å²) in [4.78, 5) is 27.9. The van der Waals surface area contributed by atoms with Gasteiger partial charge in [-0.1, -0.05) is 24.6 Å². The van der Waals surface area contributed by atoms with Crippen molar-refractivity contribution < 1.29 is 23.1 Å². The van der Waals surface area contributed by atoms with Gasteiger partial charge in [-0.2, -0.15) is 0 Å². The molecule has 1 heterocycles. The summed E-state index contributed by atoms with van der Waals surface area (Å²) in [7, 11) is 0. The highest BCUT2D eigenvalue weighted by Gasteiger charge is 2.52. The minimum Gasteiger partial charge on any atom is -0.353 e. The maximum atomic E-state index is 13.7. The Morgan fingerprint density at radius 1 is 1.03 bits per heavy atom. The maximum absolute atomic E-state index is 13.7. The summed E-state index contributed by atoms with van der Waals surface area (Å²) >= 11 is 0. The number of nitrogens with one attached hydrogen (secondary N) is 1. The zero-order chi connectivity index (χ0) is 21.1. The third-order valence-corrected chi connectivity index (χ3v) is 5.87. The molecule has 2 aliphatic rings. The molecule has 2 amide bonds. The van der Waals surface area contributed by atoms with Crippen LogP contribution in [0.1, 0.15) is 48.0 Å². The summed E-state index contributed by atoms with van der Waals surface area (Å²) in [6.07, 6.45) is 4.15. The minimum absolute atomic E-state index is 0.0936. The van der Waals surface area contributed by atoms with E-state index < -0.39 is 23.5 Å². The predicted octanol–water partition coefficient (Wildman–Crippen LogP) is 3.78. The Kier molecular flexibility index (Phi) is 5.81. The van der Waals surface area contributed by atoms with E-state index >= 15 is 0 Å². The van der Waals surface area contributed by atoms with Crippen molar-refractivity contribution in [1.82, 2.24) is 10.2 Å². The van der Waals surface area contributed by atoms with Crippen molar-refractivity contribution in [2.24, 2.45) is 0 Å². The van der Waals surface area contributed by atoms with E-state index in [1.807, 2.05) is 0 Å². The molecule has 4 rings (SSSR count). The molecule has 1 aliphatic carbocycles. The molecule has 0 bridgehead atoms. The van der Waals surface area contributed by atoms with Crippen LogP contribution in [0, 0.1) is 11.6 Å². The van der Waals surface area contributed by atoms with E-state index in [2.05, 4.69) is 5.32 Å². The fraction of sp³-hybridized carbons (Fsp3) is 0.391. The number of halogens is 2. The Bertz CT molecular complexity index is 926. The van der Waals surface area contributed by atoms with Gasteiger partial charge >= 0.3 is 0 Å². The van der Waals surface area contributed by atoms with E-state index in [1.165, 1.54) is 35.2 Å². The lowest BCUT2D eigenvalue weighted by molar-refractivity contribution is -0.127. The molecular weight excluding hydrogens is 390 g/mol. The molecular formula is C23H24F2N2O3. The van der Waals surface area contributed by atoms with Crippen LogP contribution < -0.4 is 5.32 Å². The van der Waals surface area contributed by atoms with Crippen molar-refractivity contribution in [1.29, 1.82) is 0 Å². The Morgan fingerprint density at radius 2 is 1.77 bits per heavy atom. The SMILES string of the molecule is O=C(NCc1ccc(F)cc1)C1COC2(CCCCC2)N1C(=O)c1cccc(F)c1. The first-order chi connectivity index (χ1) is 14.5. The van der Waals surface area contributed by atoms with Gasteiger partial charge in [0.05, 0.1) is 6.61 Å². The number of ether oxygens (including phenoxy) is 1. The molecule has 1 aliphatic heterocycles. The summed E-state index contributed by atoms with van der Waals surface area (Å²) in [5, 5.41) is 2.82. The second-order valence-corrected chi connectivity index (χ2v) is 7.86. The zero-order valence-electron chi connectivity index (χ0n) is 16.6. The van der Waals surface area contributed by atoms with Crippen molar-refractivity contribution in [2.75, 3.05) is 6.61 Å². The first-order valence-electron chi connectivity index (χ1n) is 10.2. The Labute approximate surface area is 174 Å². The largest absolute Gasteiger partial charge is 0.353 e. The van der Waals surface area contributed by atoms with Gasteiger partial charge in [-0.3, -0.25) is 14.5 Å². The lowest BCUT2D eigenvalue weighted by atomic mass is 9.89. The van der Waals surface area contributed by atoms with Gasteiger partial charge in [0, 0.05) is 12.1 Å². The van der Waals surface area contributed by atoms with Gasteiger partial charge in [0.25, 0.3) is 5.91 Å². The standard InChI is InChI=1S/C23H24F2N2O3/c24-18-9-7-16(8-10-18)14-26-21(28)20-15-30-23(11-2-1-3-12-23)27(20)22(29)17-5-4-6-19(25)13-17/h4-10,13,20H,1-3,11-12,14-15H2,(H,26,28). The van der Waals surface area contributed by atoms with Crippen LogP contribution >= 0.6 is 0 Å². The molecule has 30 heavy (non-hydrogen) atoms. The lowest BCUT2D eigenvalue weighted by Crippen LogP contribution is -2.56. The van der Waals surface area contributed by atoms with Gasteiger partial charge in [-0.15, -0.1) is 0 Å². The normalized spacial score (nSPS) is 20.3. The van der Waals surface area contributed by atoms with E-state index in [0.717, 1.165) is 24.8 Å². The highest BCUT2D eigenvalue weighted by atomic mass is 19.1. The van der Waals surface area contributed by atoms with Crippen molar-refractivity contribution >= 4 is 11.8 Å². The van der Waals surface area contributed by atoms with E-state index in [-0.39, 0.29) is 30.4 Å². The molecule has 158 valence electrons. The van der Waals surface area contributed by atoms with Crippen LogP contribution in [0.4, 0.5) is 8.78 Å². The summed E-state index contributed by atoms with van der Waals surface area (Å²) in [6, 6.07) is 10.5. The topological polar surface area (TPSA) is 58.6 Å². The molecule has 1 spiro atoms. The molecule has 2 aromatic rings. The molecule has 1 unspecified atom stereocenters. The second kappa shape index (κ2) is 8.52. The van der Waals surface area contributed by atoms with Gasteiger partial charge in [-0.05, 0) is 61.6 Å². The Morgan fingerprint density at radius 3 is 2.47 bits per heavy atom. The summed E-state index contributed by atoms with van der Waals surface area (Å²) < 4.78 is 32.9. The van der Waals surface area contributed by atoms with Crippen LogP contribution in [0.3, 0.4) is 0 Å². The first kappa shape index (κ1) is 20.5. The quantitative estimate of drug-likeness (QED) is 0.828. The highest BCUT2D eigenvalue weighted by Crippen LogP contribution is 2.41. The average Bonchev–Trinajstić information content (AvgIpc) is 3.11. The van der Waals surface area contributed by atoms with Crippen LogP contribution in [-0.4, -0.2) is 35.1 Å². The van der Waals surface area contributed by atoms with E-state index in [0.29, 0.717) is 12.8 Å². The molecule has 2 aromatic carbocycles. The number of nitrogens with zero attached hydrogens (tertiary/aromatic N) is 1. The maximum Gasteiger partial charge on any atom is 0.256 e. The first-order valence-corrected chi connectivity index (χ1v) is 10.2. The number of hydrogen-bond donors (Lipinski definition) is 1. The lowest BCUT2D eigenvalue weighted by Gasteiger charge is -2.41. The van der Waals surface area contributed by atoms with Crippen LogP contribution in [0.15, 0.2) is 48.5 Å². The summed E-state index contributed by atoms with van der Waals surface area (Å²) in [5.41, 5.74) is 0.111. The molecule has 0 aromatic heterocycles. The Hall–Kier alpha value is -2.80. The van der Waals surface area contributed by atoms with Crippen LogP contribution in [0.25, 0.3) is 0 Å². The number of benzene rings is 2. The van der Waals surface area contributed by atoms with Gasteiger partial charge in [0.2, 0.25) is 5.91 Å². The predicted molar refractivity (Wildman–Crippen MR) is 106 cm³/mol.